The van der Waals surface area contributed by atoms with Crippen LogP contribution in [0.15, 0.2) is 51.7 Å². The van der Waals surface area contributed by atoms with Crippen LogP contribution in [0.3, 0.4) is 0 Å². The Hall–Kier alpha value is -3.87. The third kappa shape index (κ3) is 3.70. The van der Waals surface area contributed by atoms with E-state index in [1.807, 2.05) is 30.3 Å². The third-order valence-electron chi connectivity index (χ3n) is 5.19. The molecule has 2 aromatic carbocycles. The molecule has 0 bridgehead atoms. The molecule has 158 valence electrons. The molecule has 0 aliphatic rings. The second-order valence-electron chi connectivity index (χ2n) is 7.17. The molecule has 2 aromatic heterocycles. The summed E-state index contributed by atoms with van der Waals surface area (Å²) in [6.45, 7) is 5.17. The lowest BCUT2D eigenvalue weighted by atomic mass is 10.0. The predicted molar refractivity (Wildman–Crippen MR) is 115 cm³/mol. The molecule has 4 rings (SSSR count). The van der Waals surface area contributed by atoms with E-state index >= 15 is 0 Å². The highest BCUT2D eigenvalue weighted by molar-refractivity contribution is 6.07. The van der Waals surface area contributed by atoms with Crippen LogP contribution in [0.25, 0.3) is 21.7 Å². The highest BCUT2D eigenvalue weighted by atomic mass is 16.5. The Morgan fingerprint density at radius 2 is 1.81 bits per heavy atom. The number of H-pyrrole nitrogens is 1. The molecule has 0 aliphatic carbocycles. The molecule has 7 heteroatoms. The third-order valence-corrected chi connectivity index (χ3v) is 5.19. The van der Waals surface area contributed by atoms with Gasteiger partial charge >= 0.3 is 17.6 Å². The minimum Gasteiger partial charge on any atom is -0.461 e. The van der Waals surface area contributed by atoms with Gasteiger partial charge in [-0.05, 0) is 43.2 Å². The van der Waals surface area contributed by atoms with Crippen LogP contribution >= 0.6 is 0 Å². The molecule has 0 unspecified atom stereocenters. The van der Waals surface area contributed by atoms with Crippen molar-refractivity contribution in [2.24, 2.45) is 0 Å². The fourth-order valence-electron chi connectivity index (χ4n) is 3.81. The molecule has 0 amide bonds. The SMILES string of the molecule is CCOC(=O)c1[nH]c(C)c(C(=O)OCc2cc(=O)oc3ccc4ccccc4c23)c1C. The molecule has 0 atom stereocenters. The molecule has 4 aromatic rings. The van der Waals surface area contributed by atoms with Crippen molar-refractivity contribution in [3.05, 3.63) is 81.0 Å². The first-order valence-corrected chi connectivity index (χ1v) is 9.88. The normalized spacial score (nSPS) is 11.1. The van der Waals surface area contributed by atoms with Crippen molar-refractivity contribution in [3.63, 3.8) is 0 Å². The first-order chi connectivity index (χ1) is 14.9. The van der Waals surface area contributed by atoms with Crippen LogP contribution in [0.2, 0.25) is 0 Å². The quantitative estimate of drug-likeness (QED) is 0.292. The van der Waals surface area contributed by atoms with Gasteiger partial charge in [0.2, 0.25) is 0 Å². The second kappa shape index (κ2) is 8.10. The van der Waals surface area contributed by atoms with E-state index in [9.17, 15) is 14.4 Å². The summed E-state index contributed by atoms with van der Waals surface area (Å²) in [4.78, 5) is 39.9. The number of benzene rings is 2. The maximum Gasteiger partial charge on any atom is 0.355 e. The van der Waals surface area contributed by atoms with Crippen LogP contribution in [-0.4, -0.2) is 23.5 Å². The fourth-order valence-corrected chi connectivity index (χ4v) is 3.81. The summed E-state index contributed by atoms with van der Waals surface area (Å²) in [6.07, 6.45) is 0. The second-order valence-corrected chi connectivity index (χ2v) is 7.17. The van der Waals surface area contributed by atoms with Crippen molar-refractivity contribution < 1.29 is 23.5 Å². The van der Waals surface area contributed by atoms with Gasteiger partial charge in [0.15, 0.2) is 0 Å². The standard InChI is InChI=1S/C24H21NO6/c1-4-29-24(28)22-13(2)20(14(3)25-22)23(27)30-12-16-11-19(26)31-18-10-9-15-7-5-6-8-17(15)21(16)18/h5-11,25H,4,12H2,1-3H3. The monoisotopic (exact) mass is 419 g/mol. The van der Waals surface area contributed by atoms with Crippen LogP contribution in [0.5, 0.6) is 0 Å². The van der Waals surface area contributed by atoms with Gasteiger partial charge in [0, 0.05) is 22.7 Å². The number of nitrogens with one attached hydrogen (secondary N) is 1. The van der Waals surface area contributed by atoms with Gasteiger partial charge in [0.05, 0.1) is 12.2 Å². The Bertz CT molecular complexity index is 1380. The van der Waals surface area contributed by atoms with Gasteiger partial charge in [0.25, 0.3) is 0 Å². The molecule has 0 saturated carbocycles. The molecule has 0 fully saturated rings. The van der Waals surface area contributed by atoms with Crippen LogP contribution in [0, 0.1) is 13.8 Å². The van der Waals surface area contributed by atoms with Gasteiger partial charge in [0.1, 0.15) is 17.9 Å². The fraction of sp³-hybridized carbons (Fsp3) is 0.208. The molecule has 31 heavy (non-hydrogen) atoms. The molecule has 0 radical (unpaired) electrons. The molecule has 1 N–H and O–H groups in total. The molecule has 0 spiro atoms. The van der Waals surface area contributed by atoms with Crippen LogP contribution in [-0.2, 0) is 16.1 Å². The van der Waals surface area contributed by atoms with E-state index in [-0.39, 0.29) is 24.5 Å². The topological polar surface area (TPSA) is 98.6 Å². The number of aryl methyl sites for hydroxylation is 1. The zero-order valence-corrected chi connectivity index (χ0v) is 17.4. The first-order valence-electron chi connectivity index (χ1n) is 9.88. The number of ether oxygens (including phenoxy) is 2. The van der Waals surface area contributed by atoms with Gasteiger partial charge in [-0.25, -0.2) is 14.4 Å². The summed E-state index contributed by atoms with van der Waals surface area (Å²) < 4.78 is 15.9. The van der Waals surface area contributed by atoms with Crippen molar-refractivity contribution in [2.75, 3.05) is 6.61 Å². The van der Waals surface area contributed by atoms with Crippen molar-refractivity contribution in [3.8, 4) is 0 Å². The number of hydrogen-bond donors (Lipinski definition) is 1. The lowest BCUT2D eigenvalue weighted by Gasteiger charge is -2.10. The molecule has 7 nitrogen and oxygen atoms in total. The summed E-state index contributed by atoms with van der Waals surface area (Å²) in [7, 11) is 0. The van der Waals surface area contributed by atoms with Crippen LogP contribution in [0.4, 0.5) is 0 Å². The number of carbonyl (C=O) groups is 2. The number of esters is 2. The van der Waals surface area contributed by atoms with Crippen molar-refractivity contribution in [2.45, 2.75) is 27.4 Å². The highest BCUT2D eigenvalue weighted by Gasteiger charge is 2.24. The van der Waals surface area contributed by atoms with Crippen molar-refractivity contribution in [1.82, 2.24) is 4.98 Å². The van der Waals surface area contributed by atoms with Gasteiger partial charge < -0.3 is 18.9 Å². The maximum absolute atomic E-state index is 12.8. The number of aromatic amines is 1. The maximum atomic E-state index is 12.8. The summed E-state index contributed by atoms with van der Waals surface area (Å²) in [5.74, 6) is -1.12. The molecule has 0 saturated heterocycles. The van der Waals surface area contributed by atoms with Gasteiger partial charge in [-0.15, -0.1) is 0 Å². The summed E-state index contributed by atoms with van der Waals surface area (Å²) in [5, 5.41) is 2.60. The minimum atomic E-state index is -0.594. The zero-order chi connectivity index (χ0) is 22.1. The Morgan fingerprint density at radius 3 is 2.58 bits per heavy atom. The number of carbonyl (C=O) groups excluding carboxylic acids is 2. The number of aromatic nitrogens is 1. The van der Waals surface area contributed by atoms with E-state index in [1.165, 1.54) is 6.07 Å². The van der Waals surface area contributed by atoms with Gasteiger partial charge in [-0.1, -0.05) is 30.3 Å². The molecular formula is C24H21NO6. The Kier molecular flexibility index (Phi) is 5.33. The van der Waals surface area contributed by atoms with Crippen molar-refractivity contribution in [1.29, 1.82) is 0 Å². The van der Waals surface area contributed by atoms with Crippen LogP contribution in [0.1, 0.15) is 44.6 Å². The lowest BCUT2D eigenvalue weighted by Crippen LogP contribution is -2.10. The summed E-state index contributed by atoms with van der Waals surface area (Å²) in [5.41, 5.74) is 1.93. The van der Waals surface area contributed by atoms with E-state index in [4.69, 9.17) is 13.9 Å². The average molecular weight is 419 g/mol. The minimum absolute atomic E-state index is 0.117. The van der Waals surface area contributed by atoms with Gasteiger partial charge in [-0.2, -0.15) is 0 Å². The van der Waals surface area contributed by atoms with Gasteiger partial charge in [-0.3, -0.25) is 0 Å². The van der Waals surface area contributed by atoms with E-state index < -0.39 is 17.6 Å². The smallest absolute Gasteiger partial charge is 0.355 e. The Labute approximate surface area is 177 Å². The molecular weight excluding hydrogens is 398 g/mol. The molecule has 2 heterocycles. The Morgan fingerprint density at radius 1 is 1.03 bits per heavy atom. The number of rotatable bonds is 5. The lowest BCUT2D eigenvalue weighted by molar-refractivity contribution is 0.0472. The van der Waals surface area contributed by atoms with Crippen LogP contribution < -0.4 is 5.63 Å². The van der Waals surface area contributed by atoms with E-state index in [2.05, 4.69) is 4.98 Å². The number of fused-ring (bicyclic) bond motifs is 3. The Balaban J connectivity index is 1.69. The van der Waals surface area contributed by atoms with E-state index in [0.717, 1.165) is 16.2 Å². The zero-order valence-electron chi connectivity index (χ0n) is 17.4. The average Bonchev–Trinajstić information content (AvgIpc) is 3.05. The predicted octanol–water partition coefficient (Wildman–Crippen LogP) is 4.42. The molecule has 0 aliphatic heterocycles. The number of hydrogen-bond acceptors (Lipinski definition) is 6. The largest absolute Gasteiger partial charge is 0.461 e. The summed E-state index contributed by atoms with van der Waals surface area (Å²) in [6, 6.07) is 12.6. The highest BCUT2D eigenvalue weighted by Crippen LogP contribution is 2.28. The summed E-state index contributed by atoms with van der Waals surface area (Å²) >= 11 is 0. The van der Waals surface area contributed by atoms with Crippen molar-refractivity contribution >= 4 is 33.7 Å². The first kappa shape index (κ1) is 20.4. The van der Waals surface area contributed by atoms with E-state index in [1.54, 1.807) is 26.8 Å². The van der Waals surface area contributed by atoms with E-state index in [0.29, 0.717) is 22.4 Å².